The molecule has 1 heterocycles. The molecule has 0 spiro atoms. The Morgan fingerprint density at radius 1 is 1.40 bits per heavy atom. The summed E-state index contributed by atoms with van der Waals surface area (Å²) < 4.78 is 0.989. The minimum Gasteiger partial charge on any atom is -0.390 e. The van der Waals surface area contributed by atoms with Gasteiger partial charge in [0.15, 0.2) is 0 Å². The molecule has 1 aliphatic rings. The van der Waals surface area contributed by atoms with Crippen LogP contribution in [0.5, 0.6) is 0 Å². The van der Waals surface area contributed by atoms with Crippen LogP contribution in [0.2, 0.25) is 0 Å². The van der Waals surface area contributed by atoms with Crippen molar-refractivity contribution in [3.63, 3.8) is 0 Å². The third kappa shape index (κ3) is 3.93. The lowest BCUT2D eigenvalue weighted by Crippen LogP contribution is -2.44. The van der Waals surface area contributed by atoms with Crippen LogP contribution in [0, 0.1) is 6.92 Å². The van der Waals surface area contributed by atoms with E-state index in [4.69, 9.17) is 0 Å². The summed E-state index contributed by atoms with van der Waals surface area (Å²) in [6.45, 7) is 5.09. The molecule has 1 fully saturated rings. The minimum absolute atomic E-state index is 0.00738. The van der Waals surface area contributed by atoms with E-state index in [0.29, 0.717) is 25.9 Å². The molecule has 0 atom stereocenters. The summed E-state index contributed by atoms with van der Waals surface area (Å²) >= 11 is 3.50. The van der Waals surface area contributed by atoms with Crippen molar-refractivity contribution < 1.29 is 9.90 Å². The second kappa shape index (κ2) is 6.10. The second-order valence-electron chi connectivity index (χ2n) is 5.68. The highest BCUT2D eigenvalue weighted by molar-refractivity contribution is 9.10. The lowest BCUT2D eigenvalue weighted by molar-refractivity contribution is -0.129. The Kier molecular flexibility index (Phi) is 4.66. The number of carbonyl (C=O) groups excluding carboxylic acids is 1. The fourth-order valence-electron chi connectivity index (χ4n) is 2.24. The van der Waals surface area contributed by atoms with Gasteiger partial charge in [-0.15, -0.1) is 0 Å². The number of hydrogen-bond donors (Lipinski definition) is 1. The molecule has 1 N–H and O–H groups in total. The van der Waals surface area contributed by atoms with Crippen LogP contribution in [0.15, 0.2) is 28.7 Å². The summed E-state index contributed by atoms with van der Waals surface area (Å²) in [5, 5.41) is 9.88. The molecular formula is C16H20BrNO2. The Labute approximate surface area is 128 Å². The third-order valence-corrected chi connectivity index (χ3v) is 4.40. The number of piperidine rings is 1. The van der Waals surface area contributed by atoms with Crippen molar-refractivity contribution in [2.24, 2.45) is 0 Å². The van der Waals surface area contributed by atoms with Gasteiger partial charge in [-0.1, -0.05) is 28.1 Å². The van der Waals surface area contributed by atoms with Crippen LogP contribution in [0.25, 0.3) is 6.08 Å². The number of halogens is 1. The molecule has 1 aromatic rings. The maximum Gasteiger partial charge on any atom is 0.246 e. The van der Waals surface area contributed by atoms with Crippen LogP contribution in [0.3, 0.4) is 0 Å². The maximum atomic E-state index is 12.1. The van der Waals surface area contributed by atoms with E-state index in [9.17, 15) is 9.90 Å². The van der Waals surface area contributed by atoms with Crippen molar-refractivity contribution >= 4 is 27.9 Å². The normalized spacial score (nSPS) is 18.5. The molecule has 0 bridgehead atoms. The zero-order valence-electron chi connectivity index (χ0n) is 11.9. The van der Waals surface area contributed by atoms with Gasteiger partial charge in [0.2, 0.25) is 5.91 Å². The van der Waals surface area contributed by atoms with E-state index in [-0.39, 0.29) is 5.91 Å². The average molecular weight is 338 g/mol. The standard InChI is InChI=1S/C16H20BrNO2/c1-12-3-4-13(14(17)11-12)5-6-15(19)18-9-7-16(2,20)8-10-18/h3-6,11,20H,7-10H2,1-2H3/b6-5+. The lowest BCUT2D eigenvalue weighted by atomic mass is 9.94. The van der Waals surface area contributed by atoms with Crippen LogP contribution in [0.1, 0.15) is 30.9 Å². The van der Waals surface area contributed by atoms with Crippen molar-refractivity contribution in [3.8, 4) is 0 Å². The number of likely N-dealkylation sites (tertiary alicyclic amines) is 1. The van der Waals surface area contributed by atoms with Crippen LogP contribution in [-0.4, -0.2) is 34.6 Å². The molecule has 0 radical (unpaired) electrons. The molecule has 1 aliphatic heterocycles. The van der Waals surface area contributed by atoms with E-state index in [0.717, 1.165) is 10.0 Å². The molecular weight excluding hydrogens is 318 g/mol. The van der Waals surface area contributed by atoms with Gasteiger partial charge in [-0.2, -0.15) is 0 Å². The van der Waals surface area contributed by atoms with Gasteiger partial charge in [-0.25, -0.2) is 0 Å². The predicted molar refractivity (Wildman–Crippen MR) is 84.4 cm³/mol. The molecule has 1 aromatic carbocycles. The monoisotopic (exact) mass is 337 g/mol. The molecule has 4 heteroatoms. The van der Waals surface area contributed by atoms with Gasteiger partial charge < -0.3 is 10.0 Å². The summed E-state index contributed by atoms with van der Waals surface area (Å²) in [5.41, 5.74) is 1.55. The molecule has 108 valence electrons. The van der Waals surface area contributed by atoms with Gasteiger partial charge in [0.25, 0.3) is 0 Å². The van der Waals surface area contributed by atoms with Crippen LogP contribution in [-0.2, 0) is 4.79 Å². The molecule has 0 aliphatic carbocycles. The first kappa shape index (κ1) is 15.3. The molecule has 0 unspecified atom stereocenters. The first-order chi connectivity index (χ1) is 9.37. The van der Waals surface area contributed by atoms with Gasteiger partial charge in [-0.3, -0.25) is 4.79 Å². The smallest absolute Gasteiger partial charge is 0.246 e. The Balaban J connectivity index is 1.99. The van der Waals surface area contributed by atoms with E-state index in [1.807, 2.05) is 38.1 Å². The first-order valence-electron chi connectivity index (χ1n) is 6.83. The van der Waals surface area contributed by atoms with Crippen molar-refractivity contribution in [2.45, 2.75) is 32.3 Å². The molecule has 1 saturated heterocycles. The quantitative estimate of drug-likeness (QED) is 0.842. The Morgan fingerprint density at radius 3 is 2.65 bits per heavy atom. The fourth-order valence-corrected chi connectivity index (χ4v) is 2.87. The third-order valence-electron chi connectivity index (χ3n) is 3.71. The van der Waals surface area contributed by atoms with E-state index < -0.39 is 5.60 Å². The Hall–Kier alpha value is -1.13. The van der Waals surface area contributed by atoms with Crippen LogP contribution < -0.4 is 0 Å². The number of carbonyl (C=O) groups is 1. The molecule has 0 aromatic heterocycles. The maximum absolute atomic E-state index is 12.1. The van der Waals surface area contributed by atoms with Crippen molar-refractivity contribution in [1.82, 2.24) is 4.90 Å². The molecule has 2 rings (SSSR count). The van der Waals surface area contributed by atoms with Crippen molar-refractivity contribution in [1.29, 1.82) is 0 Å². The van der Waals surface area contributed by atoms with Gasteiger partial charge >= 0.3 is 0 Å². The Morgan fingerprint density at radius 2 is 2.05 bits per heavy atom. The summed E-state index contributed by atoms with van der Waals surface area (Å²) in [4.78, 5) is 13.9. The van der Waals surface area contributed by atoms with Gasteiger partial charge in [0.05, 0.1) is 5.60 Å². The number of rotatable bonds is 2. The number of hydrogen-bond acceptors (Lipinski definition) is 2. The molecule has 1 amide bonds. The lowest BCUT2D eigenvalue weighted by Gasteiger charge is -2.35. The summed E-state index contributed by atoms with van der Waals surface area (Å²) in [6, 6.07) is 6.04. The predicted octanol–water partition coefficient (Wildman–Crippen LogP) is 3.14. The molecule has 20 heavy (non-hydrogen) atoms. The van der Waals surface area contributed by atoms with Gasteiger partial charge in [0, 0.05) is 23.6 Å². The van der Waals surface area contributed by atoms with Crippen molar-refractivity contribution in [2.75, 3.05) is 13.1 Å². The number of aliphatic hydroxyl groups is 1. The second-order valence-corrected chi connectivity index (χ2v) is 6.53. The minimum atomic E-state index is -0.625. The summed E-state index contributed by atoms with van der Waals surface area (Å²) in [5.74, 6) is 0.00738. The largest absolute Gasteiger partial charge is 0.390 e. The summed E-state index contributed by atoms with van der Waals surface area (Å²) in [6.07, 6.45) is 4.72. The SMILES string of the molecule is Cc1ccc(/C=C/C(=O)N2CCC(C)(O)CC2)c(Br)c1. The number of nitrogens with zero attached hydrogens (tertiary/aromatic N) is 1. The van der Waals surface area contributed by atoms with Gasteiger partial charge in [-0.05, 0) is 50.0 Å². The number of amides is 1. The van der Waals surface area contributed by atoms with E-state index in [1.54, 1.807) is 11.0 Å². The highest BCUT2D eigenvalue weighted by Gasteiger charge is 2.28. The number of benzene rings is 1. The van der Waals surface area contributed by atoms with Crippen molar-refractivity contribution in [3.05, 3.63) is 39.9 Å². The fraction of sp³-hybridized carbons (Fsp3) is 0.438. The Bertz CT molecular complexity index is 527. The highest BCUT2D eigenvalue weighted by Crippen LogP contribution is 2.22. The van der Waals surface area contributed by atoms with Gasteiger partial charge in [0.1, 0.15) is 0 Å². The molecule has 3 nitrogen and oxygen atoms in total. The average Bonchev–Trinajstić information content (AvgIpc) is 2.37. The number of aryl methyl sites for hydroxylation is 1. The zero-order valence-corrected chi connectivity index (χ0v) is 13.5. The summed E-state index contributed by atoms with van der Waals surface area (Å²) in [7, 11) is 0. The highest BCUT2D eigenvalue weighted by atomic mass is 79.9. The molecule has 0 saturated carbocycles. The first-order valence-corrected chi connectivity index (χ1v) is 7.62. The van der Waals surface area contributed by atoms with E-state index in [1.165, 1.54) is 5.56 Å². The van der Waals surface area contributed by atoms with Crippen LogP contribution in [0.4, 0.5) is 0 Å². The van der Waals surface area contributed by atoms with E-state index in [2.05, 4.69) is 15.9 Å². The topological polar surface area (TPSA) is 40.5 Å². The van der Waals surface area contributed by atoms with Crippen LogP contribution >= 0.6 is 15.9 Å². The van der Waals surface area contributed by atoms with E-state index >= 15 is 0 Å². The zero-order chi connectivity index (χ0) is 14.8.